The Morgan fingerprint density at radius 2 is 0.976 bits per heavy atom. The summed E-state index contributed by atoms with van der Waals surface area (Å²) >= 11 is 0. The molecule has 0 aliphatic carbocycles. The number of carbonyl (C=O) groups excluding carboxylic acids is 4. The lowest BCUT2D eigenvalue weighted by Gasteiger charge is -2.27. The number of nitrogens with zero attached hydrogens (tertiary/aromatic N) is 2. The number of guanidine groups is 2. The van der Waals surface area contributed by atoms with Crippen molar-refractivity contribution in [1.82, 2.24) is 21.3 Å². The van der Waals surface area contributed by atoms with Gasteiger partial charge in [0.05, 0.1) is 0 Å². The minimum atomic E-state index is -1.18. The van der Waals surface area contributed by atoms with Crippen molar-refractivity contribution in [2.45, 2.75) is 97.3 Å². The molecular formula is C26H50N10O6. The van der Waals surface area contributed by atoms with Crippen LogP contribution in [0.3, 0.4) is 0 Å². The SMILES string of the molecule is CC(=O)N[C@@H](CCCN=C(N)N)C(=O)N[C@@H](CCCN=C(N)N)C(=O)N[C@@H](CC(C)C)C(=O)N[C@@H](CC(C)C)C(=O)O. The summed E-state index contributed by atoms with van der Waals surface area (Å²) in [6.45, 7) is 9.04. The molecule has 16 heteroatoms. The van der Waals surface area contributed by atoms with E-state index < -0.39 is 53.8 Å². The van der Waals surface area contributed by atoms with Gasteiger partial charge in [0.1, 0.15) is 24.2 Å². The number of hydrogen-bond acceptors (Lipinski definition) is 7. The molecule has 0 aromatic heterocycles. The lowest BCUT2D eigenvalue weighted by atomic mass is 10.00. The van der Waals surface area contributed by atoms with Crippen LogP contribution in [-0.2, 0) is 24.0 Å². The topological polar surface area (TPSA) is 282 Å². The molecule has 0 aromatic rings. The molecule has 0 aromatic carbocycles. The second-order valence-electron chi connectivity index (χ2n) is 10.9. The molecule has 4 amide bonds. The van der Waals surface area contributed by atoms with E-state index in [0.717, 1.165) is 0 Å². The van der Waals surface area contributed by atoms with Gasteiger partial charge < -0.3 is 49.3 Å². The summed E-state index contributed by atoms with van der Waals surface area (Å²) in [4.78, 5) is 71.0. The molecule has 13 N–H and O–H groups in total. The number of carboxylic acids is 1. The molecule has 0 saturated carbocycles. The third-order valence-corrected chi connectivity index (χ3v) is 5.88. The number of aliphatic imine (C=N–C) groups is 2. The Balaban J connectivity index is 5.89. The van der Waals surface area contributed by atoms with Gasteiger partial charge in [0.25, 0.3) is 0 Å². The molecule has 0 radical (unpaired) electrons. The molecule has 0 aliphatic rings. The van der Waals surface area contributed by atoms with Gasteiger partial charge in [-0.05, 0) is 50.4 Å². The zero-order chi connectivity index (χ0) is 32.4. The quantitative estimate of drug-likeness (QED) is 0.0432. The second-order valence-corrected chi connectivity index (χ2v) is 10.9. The van der Waals surface area contributed by atoms with Crippen LogP contribution in [0.5, 0.6) is 0 Å². The zero-order valence-corrected chi connectivity index (χ0v) is 25.3. The number of nitrogens with one attached hydrogen (secondary N) is 4. The highest BCUT2D eigenvalue weighted by Crippen LogP contribution is 2.10. The van der Waals surface area contributed by atoms with Crippen molar-refractivity contribution in [3.05, 3.63) is 0 Å². The minimum Gasteiger partial charge on any atom is -0.480 e. The lowest BCUT2D eigenvalue weighted by molar-refractivity contribution is -0.143. The summed E-state index contributed by atoms with van der Waals surface area (Å²) in [5.41, 5.74) is 21.4. The van der Waals surface area contributed by atoms with E-state index in [1.54, 1.807) is 0 Å². The number of hydrogen-bond donors (Lipinski definition) is 9. The van der Waals surface area contributed by atoms with Gasteiger partial charge >= 0.3 is 5.97 Å². The molecule has 4 atom stereocenters. The molecule has 16 nitrogen and oxygen atoms in total. The second kappa shape index (κ2) is 19.9. The predicted molar refractivity (Wildman–Crippen MR) is 160 cm³/mol. The first kappa shape index (κ1) is 37.9. The largest absolute Gasteiger partial charge is 0.480 e. The first-order valence-electron chi connectivity index (χ1n) is 14.0. The van der Waals surface area contributed by atoms with E-state index in [9.17, 15) is 29.1 Å². The van der Waals surface area contributed by atoms with Gasteiger partial charge in [0.15, 0.2) is 11.9 Å². The van der Waals surface area contributed by atoms with E-state index >= 15 is 0 Å². The van der Waals surface area contributed by atoms with Gasteiger partial charge in [0.2, 0.25) is 23.6 Å². The van der Waals surface area contributed by atoms with Crippen LogP contribution in [0.25, 0.3) is 0 Å². The van der Waals surface area contributed by atoms with Crippen molar-refractivity contribution in [2.75, 3.05) is 13.1 Å². The van der Waals surface area contributed by atoms with Crippen LogP contribution in [0.2, 0.25) is 0 Å². The van der Waals surface area contributed by atoms with Crippen LogP contribution in [0.4, 0.5) is 0 Å². The van der Waals surface area contributed by atoms with E-state index in [2.05, 4.69) is 31.3 Å². The molecular weight excluding hydrogens is 548 g/mol. The van der Waals surface area contributed by atoms with E-state index in [1.165, 1.54) is 6.92 Å². The van der Waals surface area contributed by atoms with Gasteiger partial charge in [-0.15, -0.1) is 0 Å². The number of aliphatic carboxylic acids is 1. The predicted octanol–water partition coefficient (Wildman–Crippen LogP) is -1.77. The molecule has 0 unspecified atom stereocenters. The number of amides is 4. The smallest absolute Gasteiger partial charge is 0.326 e. The average Bonchev–Trinajstić information content (AvgIpc) is 2.85. The van der Waals surface area contributed by atoms with Crippen LogP contribution in [0, 0.1) is 11.8 Å². The van der Waals surface area contributed by atoms with Crippen molar-refractivity contribution < 1.29 is 29.1 Å². The van der Waals surface area contributed by atoms with Crippen molar-refractivity contribution >= 4 is 41.5 Å². The fourth-order valence-electron chi connectivity index (χ4n) is 4.00. The van der Waals surface area contributed by atoms with E-state index in [1.807, 2.05) is 27.7 Å². The molecule has 0 heterocycles. The third-order valence-electron chi connectivity index (χ3n) is 5.88. The molecule has 0 rings (SSSR count). The number of rotatable bonds is 20. The number of carbonyl (C=O) groups is 5. The standard InChI is InChI=1S/C26H50N10O6/c1-14(2)12-19(23(40)36-20(24(41)42)13-15(3)4)35-22(39)18(9-7-11-32-26(29)30)34-21(38)17(33-16(5)37)8-6-10-31-25(27)28/h14-15,17-20H,6-13H2,1-5H3,(H,33,37)(H,34,38)(H,35,39)(H,36,40)(H,41,42)(H4,27,28,31)(H4,29,30,32)/t17-,18-,19-,20-/m0/s1. The summed E-state index contributed by atoms with van der Waals surface area (Å²) in [5, 5.41) is 20.0. The van der Waals surface area contributed by atoms with Crippen molar-refractivity contribution in [1.29, 1.82) is 0 Å². The Bertz CT molecular complexity index is 961. The summed E-state index contributed by atoms with van der Waals surface area (Å²) in [7, 11) is 0. The molecule has 0 spiro atoms. The molecule has 0 fully saturated rings. The van der Waals surface area contributed by atoms with Crippen LogP contribution < -0.4 is 44.2 Å². The Morgan fingerprint density at radius 3 is 1.36 bits per heavy atom. The highest BCUT2D eigenvalue weighted by atomic mass is 16.4. The fraction of sp³-hybridized carbons (Fsp3) is 0.731. The molecule has 0 aliphatic heterocycles. The van der Waals surface area contributed by atoms with Crippen LogP contribution in [0.15, 0.2) is 9.98 Å². The maximum atomic E-state index is 13.4. The third kappa shape index (κ3) is 17.6. The normalized spacial score (nSPS) is 13.7. The van der Waals surface area contributed by atoms with Gasteiger partial charge in [-0.25, -0.2) is 4.79 Å². The molecule has 42 heavy (non-hydrogen) atoms. The lowest BCUT2D eigenvalue weighted by Crippen LogP contribution is -2.58. The van der Waals surface area contributed by atoms with Crippen LogP contribution in [-0.4, -0.2) is 83.9 Å². The van der Waals surface area contributed by atoms with Gasteiger partial charge in [-0.2, -0.15) is 0 Å². The summed E-state index contributed by atoms with van der Waals surface area (Å²) in [5.74, 6) is -3.82. The Labute approximate surface area is 247 Å². The first-order chi connectivity index (χ1) is 19.5. The van der Waals surface area contributed by atoms with Crippen molar-refractivity contribution in [2.24, 2.45) is 44.8 Å². The molecule has 0 saturated heterocycles. The zero-order valence-electron chi connectivity index (χ0n) is 25.3. The Kier molecular flexibility index (Phi) is 17.9. The van der Waals surface area contributed by atoms with Gasteiger partial charge in [0, 0.05) is 20.0 Å². The maximum absolute atomic E-state index is 13.4. The molecule has 240 valence electrons. The number of nitrogens with two attached hydrogens (primary N) is 4. The van der Waals surface area contributed by atoms with Gasteiger partial charge in [-0.1, -0.05) is 27.7 Å². The first-order valence-corrected chi connectivity index (χ1v) is 14.0. The van der Waals surface area contributed by atoms with E-state index in [-0.39, 0.29) is 62.5 Å². The van der Waals surface area contributed by atoms with E-state index in [0.29, 0.717) is 12.8 Å². The highest BCUT2D eigenvalue weighted by Gasteiger charge is 2.31. The number of carboxylic acid groups (broad SMARTS) is 1. The van der Waals surface area contributed by atoms with Crippen molar-refractivity contribution in [3.8, 4) is 0 Å². The summed E-state index contributed by atoms with van der Waals surface area (Å²) < 4.78 is 0. The van der Waals surface area contributed by atoms with Gasteiger partial charge in [-0.3, -0.25) is 29.2 Å². The van der Waals surface area contributed by atoms with Crippen LogP contribution >= 0.6 is 0 Å². The average molecular weight is 599 g/mol. The monoisotopic (exact) mass is 598 g/mol. The van der Waals surface area contributed by atoms with Crippen molar-refractivity contribution in [3.63, 3.8) is 0 Å². The molecule has 0 bridgehead atoms. The summed E-state index contributed by atoms with van der Waals surface area (Å²) in [6.07, 6.45) is 1.41. The Morgan fingerprint density at radius 1 is 0.619 bits per heavy atom. The fourth-order valence-corrected chi connectivity index (χ4v) is 4.00. The van der Waals surface area contributed by atoms with E-state index in [4.69, 9.17) is 22.9 Å². The maximum Gasteiger partial charge on any atom is 0.326 e. The van der Waals surface area contributed by atoms with Crippen LogP contribution in [0.1, 0.15) is 73.1 Å². The highest BCUT2D eigenvalue weighted by molar-refractivity contribution is 5.94. The minimum absolute atomic E-state index is 0.00497. The Hall–Kier alpha value is -4.11. The summed E-state index contributed by atoms with van der Waals surface area (Å²) in [6, 6.07) is -4.29.